The maximum absolute atomic E-state index is 13.0. The molecule has 0 radical (unpaired) electrons. The van der Waals surface area contributed by atoms with Crippen LogP contribution in [0.25, 0.3) is 0 Å². The topological polar surface area (TPSA) is 46.2 Å². The lowest BCUT2D eigenvalue weighted by atomic mass is 9.64. The maximum atomic E-state index is 13.0. The second-order valence-electron chi connectivity index (χ2n) is 7.65. The molecule has 1 N–H and O–H groups in total. The molecule has 0 aromatic heterocycles. The summed E-state index contributed by atoms with van der Waals surface area (Å²) >= 11 is 3.56. The van der Waals surface area contributed by atoms with Gasteiger partial charge in [0.25, 0.3) is 0 Å². The standard InChI is InChI=1S/C19H24BrNO2/c1-17(2)18(3)10-11-19(17,14(20)15(18)22)16(23)21-12-9-13-7-5-4-6-8-13/h4-8,14H,9-12H2,1-3H3,(H,21,23)/t14-,18-,19+/m0/s1. The van der Waals surface area contributed by atoms with Crippen LogP contribution in [-0.4, -0.2) is 23.1 Å². The average Bonchev–Trinajstić information content (AvgIpc) is 2.80. The Morgan fingerprint density at radius 2 is 1.87 bits per heavy atom. The summed E-state index contributed by atoms with van der Waals surface area (Å²) in [6.45, 7) is 6.78. The molecular weight excluding hydrogens is 354 g/mol. The summed E-state index contributed by atoms with van der Waals surface area (Å²) in [7, 11) is 0. The molecule has 23 heavy (non-hydrogen) atoms. The van der Waals surface area contributed by atoms with Crippen LogP contribution < -0.4 is 5.32 Å². The second kappa shape index (κ2) is 5.44. The molecule has 4 heteroatoms. The number of carbonyl (C=O) groups is 2. The highest BCUT2D eigenvalue weighted by atomic mass is 79.9. The van der Waals surface area contributed by atoms with Crippen LogP contribution in [0.5, 0.6) is 0 Å². The van der Waals surface area contributed by atoms with Crippen molar-refractivity contribution in [3.8, 4) is 0 Å². The van der Waals surface area contributed by atoms with E-state index in [1.807, 2.05) is 25.1 Å². The van der Waals surface area contributed by atoms with Crippen molar-refractivity contribution in [2.24, 2.45) is 16.2 Å². The van der Waals surface area contributed by atoms with Crippen LogP contribution in [0.15, 0.2) is 30.3 Å². The fraction of sp³-hybridized carbons (Fsp3) is 0.579. The molecule has 0 heterocycles. The predicted molar refractivity (Wildman–Crippen MR) is 94.4 cm³/mol. The third-order valence-electron chi connectivity index (χ3n) is 6.67. The van der Waals surface area contributed by atoms with Crippen LogP contribution in [0.3, 0.4) is 0 Å². The average molecular weight is 378 g/mol. The van der Waals surface area contributed by atoms with Crippen molar-refractivity contribution < 1.29 is 9.59 Å². The zero-order valence-corrected chi connectivity index (χ0v) is 15.6. The summed E-state index contributed by atoms with van der Waals surface area (Å²) in [4.78, 5) is 25.3. The van der Waals surface area contributed by atoms with Gasteiger partial charge in [-0.15, -0.1) is 0 Å². The Hall–Kier alpha value is -1.16. The SMILES string of the molecule is CC1(C)[C@@]2(C)CC[C@]1(C(=O)NCCc1ccccc1)[C@@H](Br)C2=O. The fourth-order valence-corrected chi connectivity index (χ4v) is 6.09. The minimum absolute atomic E-state index is 0.0230. The van der Waals surface area contributed by atoms with Crippen molar-refractivity contribution in [3.63, 3.8) is 0 Å². The number of benzene rings is 1. The maximum Gasteiger partial charge on any atom is 0.228 e. The Labute approximate surface area is 146 Å². The third-order valence-corrected chi connectivity index (χ3v) is 7.87. The molecule has 2 aliphatic carbocycles. The molecule has 0 aliphatic heterocycles. The van der Waals surface area contributed by atoms with Crippen molar-refractivity contribution >= 4 is 27.6 Å². The van der Waals surface area contributed by atoms with E-state index in [4.69, 9.17) is 0 Å². The first-order valence-corrected chi connectivity index (χ1v) is 9.19. The van der Waals surface area contributed by atoms with E-state index >= 15 is 0 Å². The van der Waals surface area contributed by atoms with Gasteiger partial charge in [-0.05, 0) is 30.2 Å². The summed E-state index contributed by atoms with van der Waals surface area (Å²) in [5, 5.41) is 3.09. The van der Waals surface area contributed by atoms with Crippen molar-refractivity contribution in [1.82, 2.24) is 5.32 Å². The highest BCUT2D eigenvalue weighted by Crippen LogP contribution is 2.72. The van der Waals surface area contributed by atoms with Crippen molar-refractivity contribution in [2.45, 2.75) is 44.9 Å². The van der Waals surface area contributed by atoms with E-state index in [0.717, 1.165) is 19.3 Å². The summed E-state index contributed by atoms with van der Waals surface area (Å²) < 4.78 is 0. The first-order chi connectivity index (χ1) is 10.8. The molecule has 1 aromatic rings. The molecule has 3 nitrogen and oxygen atoms in total. The van der Waals surface area contributed by atoms with Gasteiger partial charge in [0.15, 0.2) is 5.78 Å². The molecule has 2 bridgehead atoms. The van der Waals surface area contributed by atoms with Crippen LogP contribution in [0, 0.1) is 16.2 Å². The number of hydrogen-bond acceptors (Lipinski definition) is 2. The van der Waals surface area contributed by atoms with Crippen LogP contribution in [0.4, 0.5) is 0 Å². The number of Topliss-reactive ketones (excluding diaryl/α,β-unsaturated/α-hetero) is 1. The molecule has 2 fully saturated rings. The Morgan fingerprint density at radius 3 is 2.43 bits per heavy atom. The number of alkyl halides is 1. The molecule has 1 aromatic carbocycles. The zero-order chi connectivity index (χ0) is 16.9. The van der Waals surface area contributed by atoms with Crippen molar-refractivity contribution in [3.05, 3.63) is 35.9 Å². The Balaban J connectivity index is 1.75. The minimum atomic E-state index is -0.629. The fourth-order valence-electron chi connectivity index (χ4n) is 4.58. The minimum Gasteiger partial charge on any atom is -0.355 e. The number of carbonyl (C=O) groups excluding carboxylic acids is 2. The van der Waals surface area contributed by atoms with E-state index < -0.39 is 10.8 Å². The van der Waals surface area contributed by atoms with Gasteiger partial charge in [-0.2, -0.15) is 0 Å². The summed E-state index contributed by atoms with van der Waals surface area (Å²) in [5.41, 5.74) is -0.158. The van der Waals surface area contributed by atoms with Gasteiger partial charge in [0.05, 0.1) is 10.2 Å². The van der Waals surface area contributed by atoms with Gasteiger partial charge in [0.2, 0.25) is 5.91 Å². The number of amides is 1. The number of nitrogens with one attached hydrogen (secondary N) is 1. The van der Waals surface area contributed by atoms with Crippen LogP contribution in [-0.2, 0) is 16.0 Å². The van der Waals surface area contributed by atoms with Gasteiger partial charge in [-0.1, -0.05) is 67.0 Å². The lowest BCUT2D eigenvalue weighted by Crippen LogP contribution is -2.51. The Morgan fingerprint density at radius 1 is 1.22 bits per heavy atom. The molecule has 0 saturated heterocycles. The largest absolute Gasteiger partial charge is 0.355 e. The lowest BCUT2D eigenvalue weighted by molar-refractivity contribution is -0.135. The molecule has 3 rings (SSSR count). The van der Waals surface area contributed by atoms with Crippen molar-refractivity contribution in [2.75, 3.05) is 6.54 Å². The Bertz CT molecular complexity index is 642. The quantitative estimate of drug-likeness (QED) is 0.816. The molecule has 124 valence electrons. The highest BCUT2D eigenvalue weighted by molar-refractivity contribution is 9.10. The number of fused-ring (bicyclic) bond motifs is 2. The number of halogens is 1. The summed E-state index contributed by atoms with van der Waals surface area (Å²) in [6, 6.07) is 10.1. The third kappa shape index (κ3) is 2.07. The zero-order valence-electron chi connectivity index (χ0n) is 14.0. The van der Waals surface area contributed by atoms with Gasteiger partial charge in [-0.25, -0.2) is 0 Å². The normalized spacial score (nSPS) is 34.6. The van der Waals surface area contributed by atoms with Gasteiger partial charge >= 0.3 is 0 Å². The first kappa shape index (κ1) is 16.7. The highest BCUT2D eigenvalue weighted by Gasteiger charge is 2.76. The summed E-state index contributed by atoms with van der Waals surface area (Å²) in [6.07, 6.45) is 2.38. The van der Waals surface area contributed by atoms with Crippen LogP contribution in [0.2, 0.25) is 0 Å². The first-order valence-electron chi connectivity index (χ1n) is 8.28. The molecule has 2 saturated carbocycles. The molecule has 3 atom stereocenters. The molecule has 1 amide bonds. The van der Waals surface area contributed by atoms with E-state index in [0.29, 0.717) is 6.54 Å². The van der Waals surface area contributed by atoms with Crippen LogP contribution >= 0.6 is 15.9 Å². The number of rotatable bonds is 4. The van der Waals surface area contributed by atoms with Crippen LogP contribution in [0.1, 0.15) is 39.2 Å². The van der Waals surface area contributed by atoms with E-state index in [1.165, 1.54) is 5.56 Å². The Kier molecular flexibility index (Phi) is 3.95. The van der Waals surface area contributed by atoms with Gasteiger partial charge in [-0.3, -0.25) is 9.59 Å². The predicted octanol–water partition coefficient (Wildman–Crippen LogP) is 3.50. The lowest BCUT2D eigenvalue weighted by Gasteiger charge is -2.39. The molecule has 0 unspecified atom stereocenters. The van der Waals surface area contributed by atoms with E-state index in [-0.39, 0.29) is 21.9 Å². The molecule has 0 spiro atoms. The summed E-state index contributed by atoms with van der Waals surface area (Å²) in [5.74, 6) is 0.210. The van der Waals surface area contributed by atoms with E-state index in [2.05, 4.69) is 47.2 Å². The van der Waals surface area contributed by atoms with Gasteiger partial charge in [0.1, 0.15) is 0 Å². The van der Waals surface area contributed by atoms with E-state index in [1.54, 1.807) is 0 Å². The van der Waals surface area contributed by atoms with Gasteiger partial charge < -0.3 is 5.32 Å². The monoisotopic (exact) mass is 377 g/mol. The van der Waals surface area contributed by atoms with E-state index in [9.17, 15) is 9.59 Å². The van der Waals surface area contributed by atoms with Crippen molar-refractivity contribution in [1.29, 1.82) is 0 Å². The molecule has 2 aliphatic rings. The number of ketones is 1. The number of hydrogen-bond donors (Lipinski definition) is 1. The smallest absolute Gasteiger partial charge is 0.228 e. The van der Waals surface area contributed by atoms with Gasteiger partial charge in [0, 0.05) is 12.0 Å². The second-order valence-corrected chi connectivity index (χ2v) is 8.56. The molecular formula is C19H24BrNO2.